The average Bonchev–Trinajstić information content (AvgIpc) is 2.16. The Morgan fingerprint density at radius 3 is 2.75 bits per heavy atom. The number of nitrogens with one attached hydrogen (secondary N) is 1. The molecule has 90 valence electrons. The summed E-state index contributed by atoms with van der Waals surface area (Å²) in [5.74, 6) is 0.648. The molecule has 1 N–H and O–H groups in total. The molecule has 1 rings (SSSR count). The maximum absolute atomic E-state index is 5.19. The number of methoxy groups -OCH3 is 1. The first-order valence-corrected chi connectivity index (χ1v) is 6.62. The van der Waals surface area contributed by atoms with Crippen LogP contribution in [0.1, 0.15) is 20.8 Å². The molecule has 0 aliphatic rings. The van der Waals surface area contributed by atoms with Gasteiger partial charge in [-0.15, -0.1) is 0 Å². The highest BCUT2D eigenvalue weighted by molar-refractivity contribution is 9.10. The fourth-order valence-electron chi connectivity index (χ4n) is 0.965. The summed E-state index contributed by atoms with van der Waals surface area (Å²) in [5.41, 5.74) is 0.264. The maximum atomic E-state index is 5.19. The molecule has 0 atom stereocenters. The Kier molecular flexibility index (Phi) is 5.08. The monoisotopic (exact) mass is 304 g/mol. The molecule has 1 heterocycles. The minimum absolute atomic E-state index is 0.264. The summed E-state index contributed by atoms with van der Waals surface area (Å²) in [4.78, 5) is 5.17. The third-order valence-electron chi connectivity index (χ3n) is 1.76. The van der Waals surface area contributed by atoms with Crippen LogP contribution < -0.4 is 9.46 Å². The van der Waals surface area contributed by atoms with Crippen molar-refractivity contribution in [1.29, 1.82) is 0 Å². The van der Waals surface area contributed by atoms with Gasteiger partial charge in [0.15, 0.2) is 0 Å². The van der Waals surface area contributed by atoms with Crippen LogP contribution in [-0.2, 0) is 0 Å². The van der Waals surface area contributed by atoms with E-state index in [0.717, 1.165) is 15.9 Å². The molecular formula is C11H17BrN2OS. The van der Waals surface area contributed by atoms with Gasteiger partial charge in [0.05, 0.1) is 12.0 Å². The van der Waals surface area contributed by atoms with Crippen LogP contribution >= 0.6 is 27.9 Å². The molecule has 16 heavy (non-hydrogen) atoms. The Balaban J connectivity index is 2.62. The largest absolute Gasteiger partial charge is 0.480 e. The number of pyridine rings is 1. The van der Waals surface area contributed by atoms with Crippen LogP contribution in [0.25, 0.3) is 0 Å². The lowest BCUT2D eigenvalue weighted by molar-refractivity contribution is 0.386. The third-order valence-corrected chi connectivity index (χ3v) is 3.00. The molecule has 0 aromatic carbocycles. The van der Waals surface area contributed by atoms with Crippen LogP contribution in [0.2, 0.25) is 0 Å². The molecule has 5 heteroatoms. The zero-order chi connectivity index (χ0) is 12.2. The van der Waals surface area contributed by atoms with Crippen LogP contribution in [-0.4, -0.2) is 18.6 Å². The normalized spacial score (nSPS) is 11.6. The molecule has 0 aliphatic heterocycles. The number of nitrogens with zero attached hydrogens (tertiary/aromatic N) is 1. The van der Waals surface area contributed by atoms with Gasteiger partial charge in [0.25, 0.3) is 0 Å². The lowest BCUT2D eigenvalue weighted by atomic mass is 9.98. The zero-order valence-electron chi connectivity index (χ0n) is 10.0. The number of aromatic nitrogens is 1. The van der Waals surface area contributed by atoms with E-state index in [1.54, 1.807) is 25.3 Å². The maximum Gasteiger partial charge on any atom is 0.228 e. The van der Waals surface area contributed by atoms with Crippen LogP contribution in [0, 0.1) is 5.41 Å². The minimum atomic E-state index is 0.264. The second kappa shape index (κ2) is 5.89. The van der Waals surface area contributed by atoms with Gasteiger partial charge in [0, 0.05) is 17.2 Å². The molecule has 0 amide bonds. The van der Waals surface area contributed by atoms with Crippen molar-refractivity contribution in [2.45, 2.75) is 25.7 Å². The highest BCUT2D eigenvalue weighted by Crippen LogP contribution is 2.28. The number of hydrogen-bond acceptors (Lipinski definition) is 4. The van der Waals surface area contributed by atoms with Gasteiger partial charge in [0.1, 0.15) is 0 Å². The van der Waals surface area contributed by atoms with Crippen molar-refractivity contribution in [2.24, 2.45) is 5.41 Å². The number of hydrogen-bond donors (Lipinski definition) is 1. The Bertz CT molecular complexity index is 352. The van der Waals surface area contributed by atoms with Crippen LogP contribution in [0.4, 0.5) is 0 Å². The van der Waals surface area contributed by atoms with Gasteiger partial charge in [-0.1, -0.05) is 20.8 Å². The summed E-state index contributed by atoms with van der Waals surface area (Å²) >= 11 is 4.94. The molecule has 0 spiro atoms. The summed E-state index contributed by atoms with van der Waals surface area (Å²) in [6.07, 6.45) is 1.73. The van der Waals surface area contributed by atoms with Crippen molar-refractivity contribution in [2.75, 3.05) is 13.7 Å². The van der Waals surface area contributed by atoms with E-state index >= 15 is 0 Å². The summed E-state index contributed by atoms with van der Waals surface area (Å²) in [5, 5.41) is 0. The molecule has 0 unspecified atom stereocenters. The predicted octanol–water partition coefficient (Wildman–Crippen LogP) is 3.50. The van der Waals surface area contributed by atoms with Crippen molar-refractivity contribution in [3.05, 3.63) is 16.7 Å². The molecule has 0 fully saturated rings. The summed E-state index contributed by atoms with van der Waals surface area (Å²) in [6.45, 7) is 7.50. The number of halogens is 1. The SMILES string of the molecule is COc1ncc(Br)cc1SNCC(C)(C)C. The van der Waals surface area contributed by atoms with Gasteiger partial charge >= 0.3 is 0 Å². The number of rotatable bonds is 4. The van der Waals surface area contributed by atoms with E-state index in [0.29, 0.717) is 5.88 Å². The summed E-state index contributed by atoms with van der Waals surface area (Å²) in [7, 11) is 1.63. The third kappa shape index (κ3) is 4.72. The Hall–Kier alpha value is -0.260. The van der Waals surface area contributed by atoms with Gasteiger partial charge in [0.2, 0.25) is 5.88 Å². The van der Waals surface area contributed by atoms with Gasteiger partial charge in [-0.3, -0.25) is 4.72 Å². The molecule has 0 radical (unpaired) electrons. The lowest BCUT2D eigenvalue weighted by Crippen LogP contribution is -2.21. The van der Waals surface area contributed by atoms with Crippen molar-refractivity contribution >= 4 is 27.9 Å². The number of ether oxygens (including phenoxy) is 1. The van der Waals surface area contributed by atoms with E-state index in [-0.39, 0.29) is 5.41 Å². The first kappa shape index (κ1) is 13.8. The first-order chi connectivity index (χ1) is 7.42. The molecule has 1 aromatic heterocycles. The highest BCUT2D eigenvalue weighted by Gasteiger charge is 2.11. The smallest absolute Gasteiger partial charge is 0.228 e. The molecule has 1 aromatic rings. The van der Waals surface area contributed by atoms with Gasteiger partial charge in [-0.05, 0) is 39.4 Å². The van der Waals surface area contributed by atoms with Crippen molar-refractivity contribution in [1.82, 2.24) is 9.71 Å². The molecule has 0 saturated heterocycles. The second-order valence-electron chi connectivity index (χ2n) is 4.64. The van der Waals surface area contributed by atoms with Crippen LogP contribution in [0.5, 0.6) is 5.88 Å². The zero-order valence-corrected chi connectivity index (χ0v) is 12.4. The lowest BCUT2D eigenvalue weighted by Gasteiger charge is -2.18. The van der Waals surface area contributed by atoms with Crippen molar-refractivity contribution < 1.29 is 4.74 Å². The first-order valence-electron chi connectivity index (χ1n) is 5.01. The van der Waals surface area contributed by atoms with Gasteiger partial charge < -0.3 is 4.74 Å². The van der Waals surface area contributed by atoms with E-state index in [9.17, 15) is 0 Å². The van der Waals surface area contributed by atoms with Crippen LogP contribution in [0.3, 0.4) is 0 Å². The van der Waals surface area contributed by atoms with E-state index in [4.69, 9.17) is 4.74 Å². The fraction of sp³-hybridized carbons (Fsp3) is 0.545. The Labute approximate surface area is 110 Å². The van der Waals surface area contributed by atoms with Gasteiger partial charge in [-0.2, -0.15) is 0 Å². The van der Waals surface area contributed by atoms with E-state index in [1.807, 2.05) is 6.07 Å². The molecule has 0 saturated carbocycles. The Morgan fingerprint density at radius 1 is 1.50 bits per heavy atom. The van der Waals surface area contributed by atoms with E-state index in [1.165, 1.54) is 0 Å². The van der Waals surface area contributed by atoms with E-state index < -0.39 is 0 Å². The molecular weight excluding hydrogens is 288 g/mol. The fourth-order valence-corrected chi connectivity index (χ4v) is 2.52. The van der Waals surface area contributed by atoms with Crippen molar-refractivity contribution in [3.8, 4) is 5.88 Å². The summed E-state index contributed by atoms with van der Waals surface area (Å²) in [6, 6.07) is 1.99. The highest BCUT2D eigenvalue weighted by atomic mass is 79.9. The molecule has 0 bridgehead atoms. The standard InChI is InChI=1S/C11H17BrN2OS/c1-11(2,3)7-14-16-9-5-8(12)6-13-10(9)15-4/h5-6,14H,7H2,1-4H3. The van der Waals surface area contributed by atoms with Gasteiger partial charge in [-0.25, -0.2) is 4.98 Å². The van der Waals surface area contributed by atoms with Crippen LogP contribution in [0.15, 0.2) is 21.6 Å². The second-order valence-corrected chi connectivity index (χ2v) is 6.49. The average molecular weight is 305 g/mol. The molecule has 3 nitrogen and oxygen atoms in total. The van der Waals surface area contributed by atoms with E-state index in [2.05, 4.69) is 46.4 Å². The minimum Gasteiger partial charge on any atom is -0.480 e. The van der Waals surface area contributed by atoms with Crippen molar-refractivity contribution in [3.63, 3.8) is 0 Å². The summed E-state index contributed by atoms with van der Waals surface area (Å²) < 4.78 is 9.46. The predicted molar refractivity (Wildman–Crippen MR) is 71.8 cm³/mol. The molecule has 0 aliphatic carbocycles. The topological polar surface area (TPSA) is 34.1 Å². The quantitative estimate of drug-likeness (QED) is 0.863. The Morgan fingerprint density at radius 2 is 2.19 bits per heavy atom.